The molecule has 60 valence electrons. The Bertz CT molecular complexity index is 105. The molecule has 0 heterocycles. The van der Waals surface area contributed by atoms with Crippen LogP contribution in [0, 0.1) is 5.92 Å². The van der Waals surface area contributed by atoms with Crippen LogP contribution in [0.2, 0.25) is 0 Å². The number of halogens is 2. The number of hydrogen-bond acceptors (Lipinski definition) is 0. The van der Waals surface area contributed by atoms with Crippen molar-refractivity contribution in [3.8, 4) is 0 Å². The third-order valence-electron chi connectivity index (χ3n) is 2.28. The van der Waals surface area contributed by atoms with Gasteiger partial charge in [-0.1, -0.05) is 13.3 Å². The predicted octanol–water partition coefficient (Wildman–Crippen LogP) is 3.14. The van der Waals surface area contributed by atoms with Gasteiger partial charge in [-0.3, -0.25) is 0 Å². The summed E-state index contributed by atoms with van der Waals surface area (Å²) in [5, 5.41) is 0.0671. The smallest absolute Gasteiger partial charge is 0.102 e. The zero-order chi connectivity index (χ0) is 7.56. The van der Waals surface area contributed by atoms with E-state index in [0.29, 0.717) is 18.8 Å². The van der Waals surface area contributed by atoms with Gasteiger partial charge < -0.3 is 0 Å². The van der Waals surface area contributed by atoms with Gasteiger partial charge in [-0.15, -0.1) is 11.6 Å². The maximum absolute atomic E-state index is 12.8. The van der Waals surface area contributed by atoms with Gasteiger partial charge in [0.15, 0.2) is 0 Å². The van der Waals surface area contributed by atoms with Gasteiger partial charge in [0.2, 0.25) is 0 Å². The quantitative estimate of drug-likeness (QED) is 0.381. The van der Waals surface area contributed by atoms with E-state index in [1.165, 1.54) is 0 Å². The fourth-order valence-corrected chi connectivity index (χ4v) is 1.76. The first-order valence-electron chi connectivity index (χ1n) is 3.98. The number of rotatable bonds is 0. The predicted molar refractivity (Wildman–Crippen MR) is 42.2 cm³/mol. The molecule has 0 amide bonds. The topological polar surface area (TPSA) is 0 Å². The molecular weight excluding hydrogens is 151 g/mol. The Hall–Kier alpha value is 0.220. The van der Waals surface area contributed by atoms with Crippen molar-refractivity contribution < 1.29 is 4.39 Å². The van der Waals surface area contributed by atoms with Crippen LogP contribution in [0.4, 0.5) is 4.39 Å². The van der Waals surface area contributed by atoms with Crippen molar-refractivity contribution in [2.75, 3.05) is 0 Å². The zero-order valence-electron chi connectivity index (χ0n) is 6.32. The molecule has 1 fully saturated rings. The normalized spacial score (nSPS) is 42.9. The minimum atomic E-state index is -0.646. The summed E-state index contributed by atoms with van der Waals surface area (Å²) in [7, 11) is 0. The van der Waals surface area contributed by atoms with E-state index in [2.05, 4.69) is 6.92 Å². The highest BCUT2D eigenvalue weighted by atomic mass is 35.5. The van der Waals surface area contributed by atoms with E-state index in [0.717, 1.165) is 12.8 Å². The molecule has 0 aliphatic heterocycles. The van der Waals surface area contributed by atoms with Gasteiger partial charge in [-0.25, -0.2) is 4.39 Å². The molecule has 0 spiro atoms. The van der Waals surface area contributed by atoms with Crippen molar-refractivity contribution in [1.29, 1.82) is 0 Å². The second kappa shape index (κ2) is 3.56. The summed E-state index contributed by atoms with van der Waals surface area (Å²) >= 11 is 5.93. The van der Waals surface area contributed by atoms with Crippen molar-refractivity contribution in [3.63, 3.8) is 0 Å². The van der Waals surface area contributed by atoms with Crippen molar-refractivity contribution >= 4 is 11.6 Å². The molecule has 0 nitrogen and oxygen atoms in total. The lowest BCUT2D eigenvalue weighted by atomic mass is 10.0. The number of hydrogen-bond donors (Lipinski definition) is 0. The highest BCUT2D eigenvalue weighted by molar-refractivity contribution is 6.20. The van der Waals surface area contributed by atoms with Crippen LogP contribution in [0.1, 0.15) is 32.6 Å². The van der Waals surface area contributed by atoms with Gasteiger partial charge >= 0.3 is 0 Å². The summed E-state index contributed by atoms with van der Waals surface area (Å²) in [5.74, 6) is 0.502. The molecule has 10 heavy (non-hydrogen) atoms. The summed E-state index contributed by atoms with van der Waals surface area (Å²) in [4.78, 5) is 0. The van der Waals surface area contributed by atoms with E-state index in [1.807, 2.05) is 0 Å². The average molecular weight is 165 g/mol. The zero-order valence-corrected chi connectivity index (χ0v) is 7.07. The van der Waals surface area contributed by atoms with E-state index in [-0.39, 0.29) is 5.38 Å². The van der Waals surface area contributed by atoms with Crippen LogP contribution < -0.4 is 0 Å². The molecule has 1 aliphatic rings. The Balaban J connectivity index is 2.41. The fourth-order valence-electron chi connectivity index (χ4n) is 1.44. The molecule has 1 unspecified atom stereocenters. The molecule has 0 saturated heterocycles. The van der Waals surface area contributed by atoms with E-state index < -0.39 is 6.17 Å². The summed E-state index contributed by atoms with van der Waals surface area (Å²) < 4.78 is 12.8. The molecule has 0 aromatic rings. The van der Waals surface area contributed by atoms with E-state index in [1.54, 1.807) is 0 Å². The Labute approximate surface area is 66.8 Å². The minimum Gasteiger partial charge on any atom is -0.247 e. The summed E-state index contributed by atoms with van der Waals surface area (Å²) in [5.41, 5.74) is 0. The Morgan fingerprint density at radius 1 is 1.40 bits per heavy atom. The third kappa shape index (κ3) is 2.12. The van der Waals surface area contributed by atoms with Gasteiger partial charge in [0.1, 0.15) is 6.17 Å². The molecule has 0 N–H and O–H groups in total. The first kappa shape index (κ1) is 8.32. The van der Waals surface area contributed by atoms with Crippen molar-refractivity contribution in [1.82, 2.24) is 0 Å². The van der Waals surface area contributed by atoms with Gasteiger partial charge in [-0.2, -0.15) is 0 Å². The van der Waals surface area contributed by atoms with Gasteiger partial charge in [0, 0.05) is 5.38 Å². The van der Waals surface area contributed by atoms with Crippen molar-refractivity contribution in [3.05, 3.63) is 0 Å². The molecule has 3 atom stereocenters. The second-order valence-corrected chi connectivity index (χ2v) is 3.82. The largest absolute Gasteiger partial charge is 0.247 e. The molecule has 0 bridgehead atoms. The number of alkyl halides is 2. The molecule has 1 saturated carbocycles. The maximum atomic E-state index is 12.8. The molecule has 2 heteroatoms. The lowest BCUT2D eigenvalue weighted by Gasteiger charge is -2.13. The van der Waals surface area contributed by atoms with Gasteiger partial charge in [0.05, 0.1) is 0 Å². The average Bonchev–Trinajstić information content (AvgIpc) is 1.96. The molecule has 0 aromatic heterocycles. The van der Waals surface area contributed by atoms with Crippen LogP contribution in [-0.2, 0) is 0 Å². The third-order valence-corrected chi connectivity index (χ3v) is 2.88. The van der Waals surface area contributed by atoms with Crippen molar-refractivity contribution in [2.24, 2.45) is 5.92 Å². The fraction of sp³-hybridized carbons (Fsp3) is 1.00. The minimum absolute atomic E-state index is 0.0671. The van der Waals surface area contributed by atoms with Crippen LogP contribution >= 0.6 is 11.6 Å². The van der Waals surface area contributed by atoms with Crippen LogP contribution in [0.5, 0.6) is 0 Å². The maximum Gasteiger partial charge on any atom is 0.102 e. The summed E-state index contributed by atoms with van der Waals surface area (Å²) in [6.45, 7) is 2.11. The molecule has 1 aliphatic carbocycles. The highest BCUT2D eigenvalue weighted by Crippen LogP contribution is 2.28. The van der Waals surface area contributed by atoms with Crippen LogP contribution in [0.15, 0.2) is 0 Å². The second-order valence-electron chi connectivity index (χ2n) is 3.26. The lowest BCUT2D eigenvalue weighted by molar-refractivity contribution is 0.299. The van der Waals surface area contributed by atoms with Crippen LogP contribution in [0.25, 0.3) is 0 Å². The van der Waals surface area contributed by atoms with Crippen LogP contribution in [-0.4, -0.2) is 11.5 Å². The SMILES string of the molecule is C[C@H]1CCC[C@@H](F)CC1Cl. The molecule has 0 radical (unpaired) electrons. The summed E-state index contributed by atoms with van der Waals surface area (Å²) in [6, 6.07) is 0. The molecule has 1 rings (SSSR count). The monoisotopic (exact) mass is 164 g/mol. The summed E-state index contributed by atoms with van der Waals surface area (Å²) in [6.07, 6.45) is 2.73. The Kier molecular flexibility index (Phi) is 2.96. The molecule has 0 aromatic carbocycles. The van der Waals surface area contributed by atoms with Crippen molar-refractivity contribution in [2.45, 2.75) is 44.2 Å². The standard InChI is InChI=1S/C8H14ClF/c1-6-3-2-4-7(10)5-8(6)9/h6-8H,2-5H2,1H3/t6-,7+,8?/m0/s1. The molecular formula is C8H14ClF. The van der Waals surface area contributed by atoms with Gasteiger partial charge in [0.25, 0.3) is 0 Å². The van der Waals surface area contributed by atoms with Crippen LogP contribution in [0.3, 0.4) is 0 Å². The Morgan fingerprint density at radius 2 is 2.10 bits per heavy atom. The first-order chi connectivity index (χ1) is 4.70. The van der Waals surface area contributed by atoms with E-state index in [4.69, 9.17) is 11.6 Å². The lowest BCUT2D eigenvalue weighted by Crippen LogP contribution is -2.12. The van der Waals surface area contributed by atoms with E-state index >= 15 is 0 Å². The Morgan fingerprint density at radius 3 is 2.80 bits per heavy atom. The van der Waals surface area contributed by atoms with Gasteiger partial charge in [-0.05, 0) is 25.2 Å². The van der Waals surface area contributed by atoms with E-state index in [9.17, 15) is 4.39 Å². The highest BCUT2D eigenvalue weighted by Gasteiger charge is 2.22. The first-order valence-corrected chi connectivity index (χ1v) is 4.42.